The standard InChI is InChI=1S/C29H21F8N5O3/c1-11-15(21-22(33)17(31)5-18(32)23(21)34)4-19(26(44)42(11)10-29(35,36)37)40-25(43)13-2-12-6-28(7-20(12)38-8-13)16-3-14(30)9-39-24(16)41-27(28)45/h2-3,5,8-9,11,15,19H,4,6-7,10H2,1H3,(H,40,43)(H,39,41,45)/t11-,15-,19+,28+/m1/s1. The van der Waals surface area contributed by atoms with Gasteiger partial charge in [-0.2, -0.15) is 13.2 Å². The molecule has 1 spiro atoms. The van der Waals surface area contributed by atoms with Crippen LogP contribution >= 0.6 is 0 Å². The van der Waals surface area contributed by atoms with Gasteiger partial charge in [0, 0.05) is 47.5 Å². The summed E-state index contributed by atoms with van der Waals surface area (Å²) in [5.41, 5.74) is -1.45. The number of rotatable bonds is 4. The topological polar surface area (TPSA) is 104 Å². The lowest BCUT2D eigenvalue weighted by Crippen LogP contribution is -2.60. The summed E-state index contributed by atoms with van der Waals surface area (Å²) in [5, 5.41) is 4.86. The van der Waals surface area contributed by atoms with E-state index in [9.17, 15) is 49.5 Å². The van der Waals surface area contributed by atoms with E-state index in [0.29, 0.717) is 16.8 Å². The Morgan fingerprint density at radius 1 is 1.02 bits per heavy atom. The van der Waals surface area contributed by atoms with Gasteiger partial charge in [-0.05, 0) is 37.5 Å². The van der Waals surface area contributed by atoms with Crippen LogP contribution in [0.15, 0.2) is 30.6 Å². The fourth-order valence-corrected chi connectivity index (χ4v) is 6.48. The number of halogens is 8. The molecule has 1 aromatic carbocycles. The van der Waals surface area contributed by atoms with E-state index < -0.39 is 94.9 Å². The summed E-state index contributed by atoms with van der Waals surface area (Å²) in [6.07, 6.45) is -3.54. The lowest BCUT2D eigenvalue weighted by Gasteiger charge is -2.43. The number of pyridine rings is 2. The zero-order valence-electron chi connectivity index (χ0n) is 23.0. The second-order valence-corrected chi connectivity index (χ2v) is 11.3. The molecule has 1 saturated heterocycles. The number of benzene rings is 1. The van der Waals surface area contributed by atoms with Crippen LogP contribution in [0.1, 0.15) is 52.0 Å². The molecular weight excluding hydrogens is 618 g/mol. The van der Waals surface area contributed by atoms with E-state index in [0.717, 1.165) is 19.3 Å². The van der Waals surface area contributed by atoms with Gasteiger partial charge in [0.2, 0.25) is 11.8 Å². The molecular formula is C29H21F8N5O3. The molecule has 0 saturated carbocycles. The summed E-state index contributed by atoms with van der Waals surface area (Å²) in [5.74, 6) is -12.1. The molecule has 45 heavy (non-hydrogen) atoms. The first-order valence-corrected chi connectivity index (χ1v) is 13.6. The van der Waals surface area contributed by atoms with E-state index in [1.165, 1.54) is 12.1 Å². The summed E-state index contributed by atoms with van der Waals surface area (Å²) in [4.78, 5) is 47.8. The number of aromatic nitrogens is 2. The molecule has 4 atom stereocenters. The normalized spacial score (nSPS) is 24.1. The second kappa shape index (κ2) is 10.5. The number of amides is 3. The van der Waals surface area contributed by atoms with Gasteiger partial charge in [0.05, 0.1) is 17.2 Å². The third-order valence-corrected chi connectivity index (χ3v) is 8.64. The zero-order chi connectivity index (χ0) is 32.6. The smallest absolute Gasteiger partial charge is 0.340 e. The molecule has 3 aromatic rings. The molecule has 16 heteroatoms. The number of carbonyl (C=O) groups is 3. The Bertz CT molecular complexity index is 1760. The maximum atomic E-state index is 14.8. The van der Waals surface area contributed by atoms with Crippen molar-refractivity contribution in [2.45, 2.75) is 55.8 Å². The quantitative estimate of drug-likeness (QED) is 0.329. The lowest BCUT2D eigenvalue weighted by atomic mass is 9.79. The third-order valence-electron chi connectivity index (χ3n) is 8.64. The van der Waals surface area contributed by atoms with Crippen molar-refractivity contribution < 1.29 is 49.5 Å². The Kier molecular flexibility index (Phi) is 7.08. The molecule has 4 heterocycles. The summed E-state index contributed by atoms with van der Waals surface area (Å²) in [7, 11) is 0. The predicted molar refractivity (Wildman–Crippen MR) is 138 cm³/mol. The number of hydrogen-bond donors (Lipinski definition) is 2. The van der Waals surface area contributed by atoms with Crippen LogP contribution in [0.3, 0.4) is 0 Å². The third kappa shape index (κ3) is 5.05. The Labute approximate surface area is 248 Å². The molecule has 1 fully saturated rings. The molecule has 2 aliphatic heterocycles. The van der Waals surface area contributed by atoms with Gasteiger partial charge in [-0.1, -0.05) is 0 Å². The van der Waals surface area contributed by atoms with Gasteiger partial charge in [0.15, 0.2) is 23.3 Å². The molecule has 3 aliphatic rings. The largest absolute Gasteiger partial charge is 0.406 e. The fraction of sp³-hybridized carbons (Fsp3) is 0.345. The van der Waals surface area contributed by atoms with Crippen molar-refractivity contribution in [1.82, 2.24) is 20.2 Å². The van der Waals surface area contributed by atoms with Gasteiger partial charge in [-0.3, -0.25) is 19.4 Å². The van der Waals surface area contributed by atoms with Crippen LogP contribution in [0.4, 0.5) is 40.9 Å². The maximum Gasteiger partial charge on any atom is 0.406 e. The summed E-state index contributed by atoms with van der Waals surface area (Å²) in [6, 6.07) is -0.880. The Balaban J connectivity index is 1.29. The van der Waals surface area contributed by atoms with Gasteiger partial charge < -0.3 is 15.5 Å². The van der Waals surface area contributed by atoms with Crippen LogP contribution in [0.25, 0.3) is 0 Å². The predicted octanol–water partition coefficient (Wildman–Crippen LogP) is 4.23. The monoisotopic (exact) mass is 639 g/mol. The molecule has 236 valence electrons. The van der Waals surface area contributed by atoms with E-state index in [1.807, 2.05) is 0 Å². The Morgan fingerprint density at radius 3 is 2.38 bits per heavy atom. The van der Waals surface area contributed by atoms with Gasteiger partial charge >= 0.3 is 6.18 Å². The Morgan fingerprint density at radius 2 is 1.71 bits per heavy atom. The summed E-state index contributed by atoms with van der Waals surface area (Å²) >= 11 is 0. The minimum absolute atomic E-state index is 0.00537. The van der Waals surface area contributed by atoms with Crippen molar-refractivity contribution in [1.29, 1.82) is 0 Å². The SMILES string of the molecule is C[C@@H]1[C@H](c2c(F)c(F)cc(F)c2F)C[C@H](NC(=O)c2cnc3c(c2)C[C@@]2(C3)C(=O)Nc3ncc(F)cc32)C(=O)N1CC(F)(F)F. The number of hydrogen-bond acceptors (Lipinski definition) is 5. The van der Waals surface area contributed by atoms with Gasteiger partial charge in [-0.25, -0.2) is 26.9 Å². The van der Waals surface area contributed by atoms with E-state index in [2.05, 4.69) is 20.6 Å². The van der Waals surface area contributed by atoms with Crippen molar-refractivity contribution in [3.05, 3.63) is 87.6 Å². The van der Waals surface area contributed by atoms with E-state index in [4.69, 9.17) is 0 Å². The first-order chi connectivity index (χ1) is 21.1. The van der Waals surface area contributed by atoms with Crippen LogP contribution in [-0.4, -0.2) is 57.4 Å². The maximum absolute atomic E-state index is 14.8. The molecule has 0 radical (unpaired) electrons. The Hall–Kier alpha value is -4.63. The molecule has 2 N–H and O–H groups in total. The number of likely N-dealkylation sites (tertiary alicyclic amines) is 1. The van der Waals surface area contributed by atoms with Crippen molar-refractivity contribution in [2.24, 2.45) is 0 Å². The first kappa shape index (κ1) is 30.4. The fourth-order valence-electron chi connectivity index (χ4n) is 6.48. The molecule has 2 aromatic heterocycles. The molecule has 3 amide bonds. The molecule has 8 nitrogen and oxygen atoms in total. The van der Waals surface area contributed by atoms with Crippen LogP contribution in [0.2, 0.25) is 0 Å². The van der Waals surface area contributed by atoms with Crippen molar-refractivity contribution in [2.75, 3.05) is 11.9 Å². The van der Waals surface area contributed by atoms with Crippen molar-refractivity contribution in [3.63, 3.8) is 0 Å². The minimum atomic E-state index is -4.96. The first-order valence-electron chi connectivity index (χ1n) is 13.6. The van der Waals surface area contributed by atoms with E-state index >= 15 is 0 Å². The van der Waals surface area contributed by atoms with Crippen LogP contribution in [0.5, 0.6) is 0 Å². The molecule has 0 unspecified atom stereocenters. The molecule has 0 bridgehead atoms. The lowest BCUT2D eigenvalue weighted by molar-refractivity contribution is -0.170. The van der Waals surface area contributed by atoms with Crippen molar-refractivity contribution >= 4 is 23.5 Å². The zero-order valence-corrected chi connectivity index (χ0v) is 23.0. The number of alkyl halides is 3. The number of fused-ring (bicyclic) bond motifs is 3. The van der Waals surface area contributed by atoms with Crippen LogP contribution in [0, 0.1) is 29.1 Å². The van der Waals surface area contributed by atoms with Crippen LogP contribution < -0.4 is 10.6 Å². The highest BCUT2D eigenvalue weighted by Gasteiger charge is 2.52. The number of anilines is 1. The number of nitrogens with zero attached hydrogens (tertiary/aromatic N) is 3. The van der Waals surface area contributed by atoms with E-state index in [-0.39, 0.29) is 35.2 Å². The minimum Gasteiger partial charge on any atom is -0.340 e. The van der Waals surface area contributed by atoms with Crippen LogP contribution in [-0.2, 0) is 27.8 Å². The highest BCUT2D eigenvalue weighted by Crippen LogP contribution is 2.46. The number of piperidine rings is 1. The molecule has 1 aliphatic carbocycles. The van der Waals surface area contributed by atoms with E-state index in [1.54, 1.807) is 0 Å². The summed E-state index contributed by atoms with van der Waals surface area (Å²) in [6.45, 7) is -0.814. The molecule has 6 rings (SSSR count). The van der Waals surface area contributed by atoms with Crippen molar-refractivity contribution in [3.8, 4) is 0 Å². The average Bonchev–Trinajstić information content (AvgIpc) is 3.48. The number of nitrogens with one attached hydrogen (secondary N) is 2. The van der Waals surface area contributed by atoms with Gasteiger partial charge in [0.1, 0.15) is 24.2 Å². The summed E-state index contributed by atoms with van der Waals surface area (Å²) < 4.78 is 112. The van der Waals surface area contributed by atoms with Gasteiger partial charge in [-0.15, -0.1) is 0 Å². The second-order valence-electron chi connectivity index (χ2n) is 11.3. The highest BCUT2D eigenvalue weighted by atomic mass is 19.4. The average molecular weight is 640 g/mol. The van der Waals surface area contributed by atoms with Gasteiger partial charge in [0.25, 0.3) is 5.91 Å². The highest BCUT2D eigenvalue weighted by molar-refractivity contribution is 6.06. The number of carbonyl (C=O) groups excluding carboxylic acids is 3.